The van der Waals surface area contributed by atoms with E-state index in [1.54, 1.807) is 0 Å². The molecule has 1 aromatic rings. The minimum atomic E-state index is 0.441. The number of hydrogen-bond donors (Lipinski definition) is 1. The summed E-state index contributed by atoms with van der Waals surface area (Å²) in [5, 5.41) is 4.24. The van der Waals surface area contributed by atoms with Crippen molar-refractivity contribution in [1.82, 2.24) is 5.32 Å². The minimum Gasteiger partial charge on any atom is -0.313 e. The van der Waals surface area contributed by atoms with Crippen molar-refractivity contribution in [2.75, 3.05) is 7.05 Å². The zero-order valence-corrected chi connectivity index (χ0v) is 10.1. The molecule has 82 valence electrons. The first-order chi connectivity index (χ1) is 7.22. The van der Waals surface area contributed by atoms with Gasteiger partial charge in [-0.05, 0) is 49.4 Å². The Balaban J connectivity index is 2.17. The first-order valence-corrected chi connectivity index (χ1v) is 6.03. The van der Waals surface area contributed by atoms with Crippen molar-refractivity contribution in [3.05, 3.63) is 34.9 Å². The molecule has 1 aliphatic carbocycles. The van der Waals surface area contributed by atoms with E-state index < -0.39 is 0 Å². The quantitative estimate of drug-likeness (QED) is 0.822. The molecular formula is C13H18ClN. The Kier molecular flexibility index (Phi) is 3.32. The van der Waals surface area contributed by atoms with Crippen LogP contribution in [0.25, 0.3) is 0 Å². The molecule has 1 aliphatic rings. The van der Waals surface area contributed by atoms with E-state index in [-0.39, 0.29) is 0 Å². The van der Waals surface area contributed by atoms with Crippen molar-refractivity contribution >= 4 is 11.6 Å². The Morgan fingerprint density at radius 2 is 2.13 bits per heavy atom. The number of nitrogens with one attached hydrogen (secondary N) is 1. The van der Waals surface area contributed by atoms with Gasteiger partial charge < -0.3 is 5.32 Å². The van der Waals surface area contributed by atoms with Crippen molar-refractivity contribution in [3.8, 4) is 0 Å². The van der Waals surface area contributed by atoms with Crippen LogP contribution >= 0.6 is 11.6 Å². The Bertz CT molecular complexity index is 333. The monoisotopic (exact) mass is 223 g/mol. The summed E-state index contributed by atoms with van der Waals surface area (Å²) < 4.78 is 0. The van der Waals surface area contributed by atoms with Crippen LogP contribution in [0.1, 0.15) is 31.4 Å². The van der Waals surface area contributed by atoms with Gasteiger partial charge in [-0.25, -0.2) is 0 Å². The van der Waals surface area contributed by atoms with Crippen molar-refractivity contribution in [3.63, 3.8) is 0 Å². The molecule has 1 nitrogen and oxygen atoms in total. The molecule has 0 radical (unpaired) electrons. The van der Waals surface area contributed by atoms with Gasteiger partial charge in [-0.15, -0.1) is 0 Å². The van der Waals surface area contributed by atoms with E-state index in [1.807, 2.05) is 19.2 Å². The van der Waals surface area contributed by atoms with Gasteiger partial charge in [-0.3, -0.25) is 0 Å². The topological polar surface area (TPSA) is 12.0 Å². The van der Waals surface area contributed by atoms with Gasteiger partial charge in [0.25, 0.3) is 0 Å². The summed E-state index contributed by atoms with van der Waals surface area (Å²) in [5.74, 6) is 1.61. The Morgan fingerprint density at radius 3 is 2.67 bits per heavy atom. The van der Waals surface area contributed by atoms with E-state index in [0.29, 0.717) is 12.0 Å². The third-order valence-corrected chi connectivity index (χ3v) is 3.65. The highest BCUT2D eigenvalue weighted by atomic mass is 35.5. The van der Waals surface area contributed by atoms with Gasteiger partial charge >= 0.3 is 0 Å². The molecule has 0 bridgehead atoms. The molecule has 0 heterocycles. The summed E-state index contributed by atoms with van der Waals surface area (Å²) in [6.45, 7) is 2.33. The third kappa shape index (κ3) is 2.53. The maximum Gasteiger partial charge on any atom is 0.0409 e. The van der Waals surface area contributed by atoms with E-state index in [1.165, 1.54) is 18.4 Å². The maximum atomic E-state index is 6.02. The van der Waals surface area contributed by atoms with Crippen LogP contribution in [0.4, 0.5) is 0 Å². The van der Waals surface area contributed by atoms with E-state index in [2.05, 4.69) is 24.4 Å². The average Bonchev–Trinajstić information content (AvgIpc) is 3.02. The lowest BCUT2D eigenvalue weighted by molar-refractivity contribution is 0.369. The molecule has 0 saturated heterocycles. The Hall–Kier alpha value is -0.530. The van der Waals surface area contributed by atoms with Crippen LogP contribution in [0.3, 0.4) is 0 Å². The van der Waals surface area contributed by atoms with E-state index in [9.17, 15) is 0 Å². The van der Waals surface area contributed by atoms with E-state index in [4.69, 9.17) is 11.6 Å². The lowest BCUT2D eigenvalue weighted by Gasteiger charge is -2.24. The summed E-state index contributed by atoms with van der Waals surface area (Å²) in [4.78, 5) is 0. The molecule has 2 atom stereocenters. The average molecular weight is 224 g/mol. The molecule has 0 amide bonds. The number of hydrogen-bond acceptors (Lipinski definition) is 1. The minimum absolute atomic E-state index is 0.441. The summed E-state index contributed by atoms with van der Waals surface area (Å²) in [6.07, 6.45) is 2.78. The van der Waals surface area contributed by atoms with Gasteiger partial charge in [0.2, 0.25) is 0 Å². The number of benzene rings is 1. The van der Waals surface area contributed by atoms with Gasteiger partial charge in [-0.2, -0.15) is 0 Å². The first-order valence-electron chi connectivity index (χ1n) is 5.65. The van der Waals surface area contributed by atoms with Crippen LogP contribution < -0.4 is 5.32 Å². The molecule has 2 unspecified atom stereocenters. The molecule has 2 heteroatoms. The van der Waals surface area contributed by atoms with Crippen LogP contribution in [0.15, 0.2) is 24.3 Å². The predicted octanol–water partition coefficient (Wildman–Crippen LogP) is 3.65. The van der Waals surface area contributed by atoms with E-state index in [0.717, 1.165) is 10.9 Å². The molecule has 0 aliphatic heterocycles. The van der Waals surface area contributed by atoms with Gasteiger partial charge in [0, 0.05) is 11.1 Å². The van der Waals surface area contributed by atoms with Crippen molar-refractivity contribution in [2.45, 2.75) is 25.8 Å². The van der Waals surface area contributed by atoms with Crippen molar-refractivity contribution in [1.29, 1.82) is 0 Å². The zero-order valence-electron chi connectivity index (χ0n) is 9.33. The molecule has 1 aromatic carbocycles. The summed E-state index contributed by atoms with van der Waals surface area (Å²) in [6, 6.07) is 8.63. The van der Waals surface area contributed by atoms with Crippen LogP contribution in [0, 0.1) is 11.8 Å². The maximum absolute atomic E-state index is 6.02. The standard InChI is InChI=1S/C13H18ClN/c1-9(10-6-7-10)13(15-2)11-4-3-5-12(14)8-11/h3-5,8-10,13,15H,6-7H2,1-2H3. The molecule has 1 N–H and O–H groups in total. The van der Waals surface area contributed by atoms with Crippen molar-refractivity contribution in [2.24, 2.45) is 11.8 Å². The molecule has 1 saturated carbocycles. The SMILES string of the molecule is CNC(c1cccc(Cl)c1)C(C)C1CC1. The first kappa shape index (κ1) is 11.0. The van der Waals surface area contributed by atoms with Gasteiger partial charge in [-0.1, -0.05) is 30.7 Å². The number of rotatable bonds is 4. The fourth-order valence-corrected chi connectivity index (χ4v) is 2.53. The van der Waals surface area contributed by atoms with Crippen molar-refractivity contribution < 1.29 is 0 Å². The normalized spacial score (nSPS) is 19.9. The fraction of sp³-hybridized carbons (Fsp3) is 0.538. The summed E-state index contributed by atoms with van der Waals surface area (Å²) in [5.41, 5.74) is 1.31. The highest BCUT2D eigenvalue weighted by Gasteiger charge is 2.33. The largest absolute Gasteiger partial charge is 0.313 e. The summed E-state index contributed by atoms with van der Waals surface area (Å²) >= 11 is 6.02. The van der Waals surface area contributed by atoms with Crippen LogP contribution in [-0.4, -0.2) is 7.05 Å². The highest BCUT2D eigenvalue weighted by molar-refractivity contribution is 6.30. The smallest absolute Gasteiger partial charge is 0.0409 e. The fourth-order valence-electron chi connectivity index (χ4n) is 2.33. The lowest BCUT2D eigenvalue weighted by Crippen LogP contribution is -2.24. The molecule has 15 heavy (non-hydrogen) atoms. The second-order valence-electron chi connectivity index (χ2n) is 4.52. The molecule has 2 rings (SSSR count). The van der Waals surface area contributed by atoms with E-state index >= 15 is 0 Å². The molecular weight excluding hydrogens is 206 g/mol. The number of halogens is 1. The Labute approximate surface area is 96.8 Å². The van der Waals surface area contributed by atoms with Crippen LogP contribution in [0.2, 0.25) is 5.02 Å². The van der Waals surface area contributed by atoms with Gasteiger partial charge in [0.15, 0.2) is 0 Å². The van der Waals surface area contributed by atoms with Crippen LogP contribution in [0.5, 0.6) is 0 Å². The van der Waals surface area contributed by atoms with Gasteiger partial charge in [0.05, 0.1) is 0 Å². The highest BCUT2D eigenvalue weighted by Crippen LogP contribution is 2.42. The third-order valence-electron chi connectivity index (χ3n) is 3.41. The second-order valence-corrected chi connectivity index (χ2v) is 4.95. The molecule has 1 fully saturated rings. The van der Waals surface area contributed by atoms with Gasteiger partial charge in [0.1, 0.15) is 0 Å². The second kappa shape index (κ2) is 4.54. The molecule has 0 aromatic heterocycles. The molecule has 0 spiro atoms. The lowest BCUT2D eigenvalue weighted by atomic mass is 9.91. The predicted molar refractivity (Wildman–Crippen MR) is 65.1 cm³/mol. The Morgan fingerprint density at radius 1 is 1.40 bits per heavy atom. The zero-order chi connectivity index (χ0) is 10.8. The summed E-state index contributed by atoms with van der Waals surface area (Å²) in [7, 11) is 2.03. The van der Waals surface area contributed by atoms with Crippen LogP contribution in [-0.2, 0) is 0 Å².